The minimum absolute atomic E-state index is 0. The van der Waals surface area contributed by atoms with E-state index in [1.165, 1.54) is 18.2 Å². The molecule has 3 heterocycles. The molecule has 0 unspecified atom stereocenters. The lowest BCUT2D eigenvalue weighted by Gasteiger charge is -2.22. The Morgan fingerprint density at radius 3 is 2.45 bits per heavy atom. The zero-order chi connectivity index (χ0) is 35.8. The van der Waals surface area contributed by atoms with E-state index in [1.807, 2.05) is 45.9 Å². The van der Waals surface area contributed by atoms with Gasteiger partial charge < -0.3 is 19.6 Å². The van der Waals surface area contributed by atoms with Crippen molar-refractivity contribution in [3.05, 3.63) is 87.9 Å². The molecule has 3 N–H and O–H groups in total. The molecular weight excluding hydrogens is 715 g/mol. The number of aromatic nitrogens is 4. The Balaban J connectivity index is 0.00000504. The van der Waals surface area contributed by atoms with Crippen LogP contribution < -0.4 is 14.8 Å². The molecule has 270 valence electrons. The Labute approximate surface area is 307 Å². The second kappa shape index (κ2) is 15.1. The third-order valence-corrected chi connectivity index (χ3v) is 10.5. The zero-order valence-electron chi connectivity index (χ0n) is 28.9. The molecule has 1 atom stereocenters. The zero-order valence-corrected chi connectivity index (χ0v) is 31.2. The van der Waals surface area contributed by atoms with Crippen LogP contribution >= 0.6 is 24.0 Å². The largest absolute Gasteiger partial charge is 0.478 e. The van der Waals surface area contributed by atoms with Crippen molar-refractivity contribution in [1.82, 2.24) is 25.3 Å². The van der Waals surface area contributed by atoms with Crippen LogP contribution in [0.2, 0.25) is 5.02 Å². The predicted octanol–water partition coefficient (Wildman–Crippen LogP) is 7.72. The number of furan rings is 1. The van der Waals surface area contributed by atoms with Gasteiger partial charge in [0.15, 0.2) is 0 Å². The number of halogens is 2. The number of benzene rings is 2. The molecule has 1 saturated carbocycles. The van der Waals surface area contributed by atoms with E-state index in [2.05, 4.69) is 31.9 Å². The van der Waals surface area contributed by atoms with Crippen molar-refractivity contribution in [1.29, 1.82) is 0 Å². The molecule has 0 aliphatic heterocycles. The maximum absolute atomic E-state index is 13.4. The molecule has 0 radical (unpaired) electrons. The summed E-state index contributed by atoms with van der Waals surface area (Å²) < 4.78 is 41.3. The molecule has 51 heavy (non-hydrogen) atoms. The highest BCUT2D eigenvalue weighted by Crippen LogP contribution is 2.49. The summed E-state index contributed by atoms with van der Waals surface area (Å²) in [6.07, 6.45) is 4.72. The Kier molecular flexibility index (Phi) is 11.3. The second-order valence-corrected chi connectivity index (χ2v) is 15.5. The number of sulfonamides is 1. The van der Waals surface area contributed by atoms with Crippen molar-refractivity contribution in [3.8, 4) is 17.1 Å². The number of aromatic carboxylic acids is 1. The number of fused-ring (bicyclic) bond motifs is 1. The van der Waals surface area contributed by atoms with E-state index >= 15 is 0 Å². The fourth-order valence-corrected chi connectivity index (χ4v) is 7.23. The smallest absolute Gasteiger partial charge is 0.335 e. The number of nitrogens with zero attached hydrogens (tertiary/aromatic N) is 4. The summed E-state index contributed by atoms with van der Waals surface area (Å²) in [6.45, 7) is 10.8. The number of anilines is 1. The maximum atomic E-state index is 13.4. The van der Waals surface area contributed by atoms with Gasteiger partial charge in [-0.3, -0.25) is 0 Å². The van der Waals surface area contributed by atoms with Gasteiger partial charge in [-0.05, 0) is 67.9 Å². The van der Waals surface area contributed by atoms with E-state index in [0.29, 0.717) is 39.9 Å². The molecular formula is C36H40Cl2N6O6S. The number of hydrogen-bond donors (Lipinski definition) is 3. The van der Waals surface area contributed by atoms with Gasteiger partial charge in [-0.1, -0.05) is 56.6 Å². The molecule has 12 nitrogen and oxygen atoms in total. The lowest BCUT2D eigenvalue weighted by atomic mass is 9.99. The highest BCUT2D eigenvalue weighted by atomic mass is 35.5. The highest BCUT2D eigenvalue weighted by Gasteiger charge is 2.39. The molecule has 15 heteroatoms. The van der Waals surface area contributed by atoms with Crippen LogP contribution in [0, 0.1) is 19.3 Å². The maximum Gasteiger partial charge on any atom is 0.335 e. The highest BCUT2D eigenvalue weighted by molar-refractivity contribution is 7.92. The average molecular weight is 756 g/mol. The van der Waals surface area contributed by atoms with Gasteiger partial charge in [0.1, 0.15) is 22.9 Å². The summed E-state index contributed by atoms with van der Waals surface area (Å²) in [4.78, 5) is 29.4. The fraction of sp³-hybridized carbons (Fsp3) is 0.361. The summed E-state index contributed by atoms with van der Waals surface area (Å²) in [5, 5.41) is 13.4. The third-order valence-electron chi connectivity index (χ3n) is 8.85. The van der Waals surface area contributed by atoms with Crippen LogP contribution in [0.15, 0.2) is 64.0 Å². The molecule has 0 saturated heterocycles. The van der Waals surface area contributed by atoms with Crippen LogP contribution in [0.25, 0.3) is 22.5 Å². The Morgan fingerprint density at radius 1 is 1.08 bits per heavy atom. The van der Waals surface area contributed by atoms with Crippen LogP contribution in [-0.4, -0.2) is 52.1 Å². The Bertz CT molecular complexity index is 2170. The van der Waals surface area contributed by atoms with Crippen molar-refractivity contribution in [2.45, 2.75) is 77.3 Å². The van der Waals surface area contributed by atoms with E-state index in [-0.39, 0.29) is 58.7 Å². The third kappa shape index (κ3) is 8.78. The first-order valence-corrected chi connectivity index (χ1v) is 18.2. The molecule has 1 fully saturated rings. The van der Waals surface area contributed by atoms with E-state index in [0.717, 1.165) is 42.0 Å². The SMILES string of the molecule is Cc1cccc(C)c1-c1cc(OC[C@@H](CC2(C)CC2)NCc2cnc3oc(C(C)C)c(Cl)c3n2)nc(NS(=O)(=O)c2cccc(C(=O)O)c2)n1.Cl. The van der Waals surface area contributed by atoms with Crippen LogP contribution in [0.5, 0.6) is 5.88 Å². The first-order valence-electron chi connectivity index (χ1n) is 16.3. The van der Waals surface area contributed by atoms with Gasteiger partial charge in [-0.25, -0.2) is 32.9 Å². The van der Waals surface area contributed by atoms with Crippen molar-refractivity contribution in [3.63, 3.8) is 0 Å². The van der Waals surface area contributed by atoms with Crippen molar-refractivity contribution in [2.75, 3.05) is 11.3 Å². The summed E-state index contributed by atoms with van der Waals surface area (Å²) >= 11 is 6.57. The van der Waals surface area contributed by atoms with Gasteiger partial charge in [0.25, 0.3) is 10.0 Å². The first kappa shape index (κ1) is 37.9. The summed E-state index contributed by atoms with van der Waals surface area (Å²) in [7, 11) is -4.25. The topological polar surface area (TPSA) is 169 Å². The standard InChI is InChI=1S/C36H39ClN6O6S.ClH/c1-20(2)32-30(37)31-33(49-32)39-18-25(40-31)17-38-24(16-36(5)12-13-36)19-48-28-15-27(29-21(3)8-6-9-22(29)4)41-35(42-28)43-50(46,47)26-11-7-10-23(14-26)34(44)45;/h6-11,14-15,18,20,24,38H,12-13,16-17,19H2,1-5H3,(H,44,45)(H,41,42,43);1H/t24-;/m1./s1. The molecule has 6 rings (SSSR count). The molecule has 5 aromatic rings. The summed E-state index contributed by atoms with van der Waals surface area (Å²) in [6, 6.07) is 12.5. The average Bonchev–Trinajstić information content (AvgIpc) is 3.70. The van der Waals surface area contributed by atoms with Gasteiger partial charge in [0.2, 0.25) is 17.5 Å². The Morgan fingerprint density at radius 2 is 1.78 bits per heavy atom. The van der Waals surface area contributed by atoms with Crippen LogP contribution in [0.1, 0.15) is 78.9 Å². The molecule has 0 bridgehead atoms. The van der Waals surface area contributed by atoms with Gasteiger partial charge >= 0.3 is 5.97 Å². The number of carboxylic acids is 1. The minimum Gasteiger partial charge on any atom is -0.478 e. The predicted molar refractivity (Wildman–Crippen MR) is 197 cm³/mol. The normalized spacial score (nSPS) is 14.3. The van der Waals surface area contributed by atoms with Crippen LogP contribution in [-0.2, 0) is 16.6 Å². The van der Waals surface area contributed by atoms with E-state index in [1.54, 1.807) is 12.3 Å². The first-order chi connectivity index (χ1) is 23.7. The number of rotatable bonds is 14. The van der Waals surface area contributed by atoms with Gasteiger partial charge in [0, 0.05) is 30.1 Å². The number of aryl methyl sites for hydroxylation is 2. The second-order valence-electron chi connectivity index (χ2n) is 13.5. The molecule has 1 aliphatic carbocycles. The summed E-state index contributed by atoms with van der Waals surface area (Å²) in [5.74, 6) is -0.527. The van der Waals surface area contributed by atoms with Crippen molar-refractivity contribution in [2.24, 2.45) is 5.41 Å². The van der Waals surface area contributed by atoms with Gasteiger partial charge in [-0.15, -0.1) is 12.4 Å². The lowest BCUT2D eigenvalue weighted by Crippen LogP contribution is -2.36. The lowest BCUT2D eigenvalue weighted by molar-refractivity contribution is 0.0696. The monoisotopic (exact) mass is 754 g/mol. The summed E-state index contributed by atoms with van der Waals surface area (Å²) in [5.41, 5.74) is 4.82. The van der Waals surface area contributed by atoms with E-state index in [9.17, 15) is 18.3 Å². The molecule has 0 amide bonds. The van der Waals surface area contributed by atoms with E-state index < -0.39 is 16.0 Å². The molecule has 2 aromatic carbocycles. The number of ether oxygens (including phenoxy) is 1. The Hall–Kier alpha value is -4.30. The van der Waals surface area contributed by atoms with E-state index in [4.69, 9.17) is 25.7 Å². The molecule has 0 spiro atoms. The van der Waals surface area contributed by atoms with Crippen LogP contribution in [0.3, 0.4) is 0 Å². The number of hydrogen-bond acceptors (Lipinski definition) is 10. The number of carbonyl (C=O) groups is 1. The fourth-order valence-electron chi connectivity index (χ4n) is 5.86. The quantitative estimate of drug-likeness (QED) is 0.101. The molecule has 3 aromatic heterocycles. The van der Waals surface area contributed by atoms with Crippen molar-refractivity contribution >= 4 is 57.2 Å². The number of nitrogens with one attached hydrogen (secondary N) is 2. The van der Waals surface area contributed by atoms with Gasteiger partial charge in [-0.2, -0.15) is 4.98 Å². The van der Waals surface area contributed by atoms with Gasteiger partial charge in [0.05, 0.1) is 28.0 Å². The minimum atomic E-state index is -4.25. The number of carboxylic acid groups (broad SMARTS) is 1. The van der Waals surface area contributed by atoms with Crippen LogP contribution in [0.4, 0.5) is 5.95 Å². The van der Waals surface area contributed by atoms with Crippen molar-refractivity contribution < 1.29 is 27.5 Å². The molecule has 1 aliphatic rings.